The quantitative estimate of drug-likeness (QED) is 0.320. The summed E-state index contributed by atoms with van der Waals surface area (Å²) < 4.78 is 2.20. The molecule has 5 rings (SSSR count). The van der Waals surface area contributed by atoms with Gasteiger partial charge in [0.05, 0.1) is 29.7 Å². The molecule has 1 fully saturated rings. The normalized spacial score (nSPS) is 17.0. The maximum atomic E-state index is 13.0. The predicted molar refractivity (Wildman–Crippen MR) is 150 cm³/mol. The number of carbonyl (C=O) groups is 1. The van der Waals surface area contributed by atoms with Crippen LogP contribution >= 0.6 is 12.2 Å². The Bertz CT molecular complexity index is 1390. The van der Waals surface area contributed by atoms with Gasteiger partial charge in [0, 0.05) is 42.4 Å². The minimum atomic E-state index is -0.165. The summed E-state index contributed by atoms with van der Waals surface area (Å²) in [6.45, 7) is 4.63. The molecule has 2 atom stereocenters. The Kier molecular flexibility index (Phi) is 7.28. The third kappa shape index (κ3) is 5.11. The molecule has 0 saturated carbocycles. The SMILES string of the molecule is CCc1ccccc1NC(=O)CCN1C(=S)N[C@@H](c2ccccn2)[C@H]1c1ccc(C)n1-c1cccnc1. The summed E-state index contributed by atoms with van der Waals surface area (Å²) in [4.78, 5) is 24.1. The van der Waals surface area contributed by atoms with E-state index in [0.717, 1.165) is 40.4 Å². The second-order valence-corrected chi connectivity index (χ2v) is 9.46. The van der Waals surface area contributed by atoms with Gasteiger partial charge in [-0.2, -0.15) is 0 Å². The summed E-state index contributed by atoms with van der Waals surface area (Å²) in [5, 5.41) is 7.18. The number of hydrogen-bond donors (Lipinski definition) is 2. The van der Waals surface area contributed by atoms with E-state index in [1.54, 1.807) is 12.4 Å². The first-order valence-electron chi connectivity index (χ1n) is 12.5. The zero-order valence-corrected chi connectivity index (χ0v) is 21.8. The maximum absolute atomic E-state index is 13.0. The Balaban J connectivity index is 1.46. The van der Waals surface area contributed by atoms with E-state index in [2.05, 4.69) is 56.0 Å². The summed E-state index contributed by atoms with van der Waals surface area (Å²) in [6.07, 6.45) is 6.58. The van der Waals surface area contributed by atoms with Crippen LogP contribution in [0, 0.1) is 6.92 Å². The van der Waals surface area contributed by atoms with E-state index < -0.39 is 0 Å². The van der Waals surface area contributed by atoms with Gasteiger partial charge in [-0.3, -0.25) is 14.8 Å². The third-order valence-electron chi connectivity index (χ3n) is 6.76. The zero-order chi connectivity index (χ0) is 25.8. The van der Waals surface area contributed by atoms with Crippen LogP contribution in [-0.2, 0) is 11.2 Å². The Hall–Kier alpha value is -4.04. The molecule has 1 aromatic carbocycles. The number of aromatic nitrogens is 3. The van der Waals surface area contributed by atoms with Crippen LogP contribution in [0.3, 0.4) is 0 Å². The molecule has 188 valence electrons. The lowest BCUT2D eigenvalue weighted by atomic mass is 10.0. The van der Waals surface area contributed by atoms with Gasteiger partial charge in [0.2, 0.25) is 5.91 Å². The second-order valence-electron chi connectivity index (χ2n) is 9.08. The van der Waals surface area contributed by atoms with Crippen molar-refractivity contribution in [1.82, 2.24) is 24.8 Å². The van der Waals surface area contributed by atoms with Gasteiger partial charge in [-0.05, 0) is 73.6 Å². The molecule has 4 aromatic rings. The molecular formula is C29H30N6OS. The van der Waals surface area contributed by atoms with Crippen LogP contribution < -0.4 is 10.6 Å². The first-order valence-corrected chi connectivity index (χ1v) is 12.9. The minimum Gasteiger partial charge on any atom is -0.352 e. The number of aryl methyl sites for hydroxylation is 2. The number of nitrogens with one attached hydrogen (secondary N) is 2. The Labute approximate surface area is 222 Å². The van der Waals surface area contributed by atoms with Gasteiger partial charge in [0.15, 0.2) is 5.11 Å². The van der Waals surface area contributed by atoms with Crippen molar-refractivity contribution in [3.63, 3.8) is 0 Å². The zero-order valence-electron chi connectivity index (χ0n) is 21.0. The number of pyridine rings is 2. The van der Waals surface area contributed by atoms with Crippen LogP contribution in [0.5, 0.6) is 0 Å². The average Bonchev–Trinajstić information content (AvgIpc) is 3.47. The van der Waals surface area contributed by atoms with E-state index in [-0.39, 0.29) is 18.0 Å². The molecule has 0 bridgehead atoms. The average molecular weight is 511 g/mol. The molecule has 0 spiro atoms. The highest BCUT2D eigenvalue weighted by Gasteiger charge is 2.41. The number of rotatable bonds is 8. The number of hydrogen-bond acceptors (Lipinski definition) is 4. The van der Waals surface area contributed by atoms with Crippen molar-refractivity contribution in [3.05, 3.63) is 108 Å². The highest BCUT2D eigenvalue weighted by Crippen LogP contribution is 2.40. The minimum absolute atomic E-state index is 0.0393. The number of amides is 1. The van der Waals surface area contributed by atoms with Crippen LogP contribution in [0.25, 0.3) is 5.69 Å². The van der Waals surface area contributed by atoms with E-state index >= 15 is 0 Å². The molecule has 37 heavy (non-hydrogen) atoms. The Morgan fingerprint density at radius 3 is 2.65 bits per heavy atom. The maximum Gasteiger partial charge on any atom is 0.226 e. The molecule has 1 aliphatic heterocycles. The van der Waals surface area contributed by atoms with Crippen LogP contribution in [0.4, 0.5) is 5.69 Å². The van der Waals surface area contributed by atoms with Gasteiger partial charge < -0.3 is 20.1 Å². The van der Waals surface area contributed by atoms with Crippen molar-refractivity contribution in [2.24, 2.45) is 0 Å². The lowest BCUT2D eigenvalue weighted by Crippen LogP contribution is -2.33. The molecule has 8 heteroatoms. The molecule has 2 N–H and O–H groups in total. The van der Waals surface area contributed by atoms with Crippen molar-refractivity contribution in [2.75, 3.05) is 11.9 Å². The van der Waals surface area contributed by atoms with Crippen LogP contribution in [0.2, 0.25) is 0 Å². The standard InChI is InChI=1S/C29H30N6OS/c1-3-21-9-4-5-11-23(21)32-26(36)15-18-34-28(27(33-29(34)37)24-12-6-7-17-31-24)25-14-13-20(2)35(25)22-10-8-16-30-19-22/h4-14,16-17,19,27-28H,3,15,18H2,1-2H3,(H,32,36)(H,33,37)/t27-,28+/m0/s1. The number of thiocarbonyl (C=S) groups is 1. The van der Waals surface area contributed by atoms with Gasteiger partial charge in [0.1, 0.15) is 0 Å². The fourth-order valence-corrected chi connectivity index (χ4v) is 5.31. The van der Waals surface area contributed by atoms with Gasteiger partial charge in [-0.15, -0.1) is 0 Å². The molecule has 1 amide bonds. The molecule has 0 unspecified atom stereocenters. The van der Waals surface area contributed by atoms with Gasteiger partial charge in [0.25, 0.3) is 0 Å². The van der Waals surface area contributed by atoms with E-state index in [1.807, 2.05) is 60.8 Å². The highest BCUT2D eigenvalue weighted by molar-refractivity contribution is 7.80. The van der Waals surface area contributed by atoms with Gasteiger partial charge >= 0.3 is 0 Å². The Morgan fingerprint density at radius 1 is 1.05 bits per heavy atom. The van der Waals surface area contributed by atoms with Gasteiger partial charge in [-0.25, -0.2) is 0 Å². The first kappa shape index (κ1) is 24.6. The van der Waals surface area contributed by atoms with Crippen LogP contribution in [-0.4, -0.2) is 37.0 Å². The largest absolute Gasteiger partial charge is 0.352 e. The third-order valence-corrected chi connectivity index (χ3v) is 7.12. The van der Waals surface area contributed by atoms with Crippen molar-refractivity contribution in [2.45, 2.75) is 38.8 Å². The summed E-state index contributed by atoms with van der Waals surface area (Å²) >= 11 is 5.82. The van der Waals surface area contributed by atoms with E-state index in [4.69, 9.17) is 12.2 Å². The number of anilines is 1. The van der Waals surface area contributed by atoms with Crippen LogP contribution in [0.15, 0.2) is 85.3 Å². The second kappa shape index (κ2) is 10.9. The van der Waals surface area contributed by atoms with Crippen molar-refractivity contribution < 1.29 is 4.79 Å². The summed E-state index contributed by atoms with van der Waals surface area (Å²) in [6, 6.07) is 21.7. The number of para-hydroxylation sites is 1. The van der Waals surface area contributed by atoms with E-state index in [1.165, 1.54) is 0 Å². The number of benzene rings is 1. The Morgan fingerprint density at radius 2 is 1.89 bits per heavy atom. The topological polar surface area (TPSA) is 75.1 Å². The van der Waals surface area contributed by atoms with Crippen molar-refractivity contribution >= 4 is 28.9 Å². The van der Waals surface area contributed by atoms with Crippen molar-refractivity contribution in [1.29, 1.82) is 0 Å². The van der Waals surface area contributed by atoms with Gasteiger partial charge in [-0.1, -0.05) is 31.2 Å². The monoisotopic (exact) mass is 510 g/mol. The van der Waals surface area contributed by atoms with E-state index in [9.17, 15) is 4.79 Å². The molecule has 3 aromatic heterocycles. The fourth-order valence-electron chi connectivity index (χ4n) is 4.98. The lowest BCUT2D eigenvalue weighted by Gasteiger charge is -2.29. The highest BCUT2D eigenvalue weighted by atomic mass is 32.1. The summed E-state index contributed by atoms with van der Waals surface area (Å²) in [5.41, 5.74) is 6.01. The van der Waals surface area contributed by atoms with Crippen molar-refractivity contribution in [3.8, 4) is 5.69 Å². The number of carbonyl (C=O) groups excluding carboxylic acids is 1. The first-order chi connectivity index (χ1) is 18.1. The molecule has 0 radical (unpaired) electrons. The predicted octanol–water partition coefficient (Wildman–Crippen LogP) is 5.14. The lowest BCUT2D eigenvalue weighted by molar-refractivity contribution is -0.116. The summed E-state index contributed by atoms with van der Waals surface area (Å²) in [7, 11) is 0. The summed E-state index contributed by atoms with van der Waals surface area (Å²) in [5.74, 6) is -0.0393. The van der Waals surface area contributed by atoms with E-state index in [0.29, 0.717) is 18.1 Å². The molecular weight excluding hydrogens is 480 g/mol. The molecule has 7 nitrogen and oxygen atoms in total. The smallest absolute Gasteiger partial charge is 0.226 e. The molecule has 4 heterocycles. The molecule has 1 aliphatic rings. The molecule has 0 aliphatic carbocycles. The number of nitrogens with zero attached hydrogens (tertiary/aromatic N) is 4. The molecule has 1 saturated heterocycles. The fraction of sp³-hybridized carbons (Fsp3) is 0.241. The van der Waals surface area contributed by atoms with Crippen LogP contribution in [0.1, 0.15) is 48.1 Å².